The molecule has 3 fully saturated rings. The van der Waals surface area contributed by atoms with Crippen LogP contribution in [-0.4, -0.2) is 65.1 Å². The second-order valence-corrected chi connectivity index (χ2v) is 8.12. The van der Waals surface area contributed by atoms with Crippen LogP contribution in [0.2, 0.25) is 0 Å². The molecule has 6 nitrogen and oxygen atoms in total. The average Bonchev–Trinajstić information content (AvgIpc) is 3.75. The highest BCUT2D eigenvalue weighted by atomic mass is 16.6. The molecule has 3 aliphatic rings. The van der Waals surface area contributed by atoms with Crippen LogP contribution < -0.4 is 9.47 Å². The highest BCUT2D eigenvalue weighted by Crippen LogP contribution is 2.19. The molecule has 0 spiro atoms. The van der Waals surface area contributed by atoms with E-state index in [2.05, 4.69) is 48.5 Å². The minimum atomic E-state index is 0.308. The predicted octanol–water partition coefficient (Wildman–Crippen LogP) is 4.63. The summed E-state index contributed by atoms with van der Waals surface area (Å²) in [4.78, 5) is 0. The number of rotatable bonds is 9. The maximum atomic E-state index is 5.45. The van der Waals surface area contributed by atoms with Gasteiger partial charge >= 0.3 is 0 Å². The van der Waals surface area contributed by atoms with Crippen LogP contribution in [0.4, 0.5) is 0 Å². The van der Waals surface area contributed by atoms with Gasteiger partial charge in [0.15, 0.2) is 0 Å². The smallest absolute Gasteiger partial charge is 0.119 e. The van der Waals surface area contributed by atoms with E-state index in [-0.39, 0.29) is 0 Å². The summed E-state index contributed by atoms with van der Waals surface area (Å²) in [5.41, 5.74) is 2.55. The van der Waals surface area contributed by atoms with E-state index in [1.807, 2.05) is 36.4 Å². The topological polar surface area (TPSA) is 65.3 Å². The fourth-order valence-electron chi connectivity index (χ4n) is 2.95. The SMILES string of the molecule is C(OCC1CO1)C1CO1.COc1ccc(OCC2CO2)cc1.c1ccc(-c2ccccc2)cc1. The van der Waals surface area contributed by atoms with Crippen molar-refractivity contribution < 1.29 is 28.4 Å². The van der Waals surface area contributed by atoms with E-state index in [0.29, 0.717) is 24.9 Å². The number of benzene rings is 3. The molecule has 3 aromatic carbocycles. The van der Waals surface area contributed by atoms with Crippen LogP contribution >= 0.6 is 0 Å². The molecule has 0 aromatic heterocycles. The molecule has 0 bridgehead atoms. The molecule has 3 saturated heterocycles. The molecule has 6 heteroatoms. The molecule has 0 radical (unpaired) electrons. The minimum Gasteiger partial charge on any atom is -0.497 e. The van der Waals surface area contributed by atoms with Crippen molar-refractivity contribution in [2.75, 3.05) is 46.8 Å². The molecular weight excluding hydrogens is 432 g/mol. The zero-order valence-corrected chi connectivity index (χ0v) is 19.5. The van der Waals surface area contributed by atoms with Crippen molar-refractivity contribution in [2.24, 2.45) is 0 Å². The lowest BCUT2D eigenvalue weighted by molar-refractivity contribution is 0.102. The van der Waals surface area contributed by atoms with Crippen LogP contribution in [0, 0.1) is 0 Å². The molecular formula is C28H32O6. The molecule has 0 aliphatic carbocycles. The summed E-state index contributed by atoms with van der Waals surface area (Å²) in [6.07, 6.45) is 1.09. The van der Waals surface area contributed by atoms with Crippen molar-refractivity contribution in [3.05, 3.63) is 84.9 Å². The van der Waals surface area contributed by atoms with Crippen LogP contribution in [0.1, 0.15) is 0 Å². The zero-order valence-electron chi connectivity index (χ0n) is 19.5. The summed E-state index contributed by atoms with van der Waals surface area (Å²) in [6.45, 7) is 4.74. The van der Waals surface area contributed by atoms with Crippen LogP contribution in [0.25, 0.3) is 11.1 Å². The van der Waals surface area contributed by atoms with Gasteiger partial charge in [-0.1, -0.05) is 60.7 Å². The first-order chi connectivity index (χ1) is 16.8. The zero-order chi connectivity index (χ0) is 23.4. The van der Waals surface area contributed by atoms with Gasteiger partial charge < -0.3 is 28.4 Å². The number of hydrogen-bond donors (Lipinski definition) is 0. The quantitative estimate of drug-likeness (QED) is 0.431. The first-order valence-corrected chi connectivity index (χ1v) is 11.6. The fourth-order valence-corrected chi connectivity index (χ4v) is 2.95. The lowest BCUT2D eigenvalue weighted by Crippen LogP contribution is -2.06. The highest BCUT2D eigenvalue weighted by Gasteiger charge is 2.26. The highest BCUT2D eigenvalue weighted by molar-refractivity contribution is 5.62. The van der Waals surface area contributed by atoms with E-state index < -0.39 is 0 Å². The normalized spacial score (nSPS) is 21.1. The van der Waals surface area contributed by atoms with E-state index in [0.717, 1.165) is 44.5 Å². The Morgan fingerprint density at radius 1 is 0.588 bits per heavy atom. The summed E-state index contributed by atoms with van der Waals surface area (Å²) in [6, 6.07) is 28.3. The summed E-state index contributed by atoms with van der Waals surface area (Å²) < 4.78 is 30.6. The summed E-state index contributed by atoms with van der Waals surface area (Å²) >= 11 is 0. The molecule has 6 rings (SSSR count). The maximum Gasteiger partial charge on any atom is 0.119 e. The first-order valence-electron chi connectivity index (χ1n) is 11.6. The first kappa shape index (κ1) is 24.2. The van der Waals surface area contributed by atoms with E-state index >= 15 is 0 Å². The molecule has 0 N–H and O–H groups in total. The average molecular weight is 465 g/mol. The third kappa shape index (κ3) is 9.53. The Labute approximate surface area is 201 Å². The Morgan fingerprint density at radius 2 is 1.00 bits per heavy atom. The van der Waals surface area contributed by atoms with E-state index in [9.17, 15) is 0 Å². The molecule has 3 heterocycles. The maximum absolute atomic E-state index is 5.45. The molecule has 3 unspecified atom stereocenters. The van der Waals surface area contributed by atoms with Gasteiger partial charge in [0.1, 0.15) is 36.4 Å². The van der Waals surface area contributed by atoms with Gasteiger partial charge in [0.25, 0.3) is 0 Å². The van der Waals surface area contributed by atoms with Gasteiger partial charge in [-0.05, 0) is 35.4 Å². The molecule has 180 valence electrons. The van der Waals surface area contributed by atoms with Crippen molar-refractivity contribution in [3.63, 3.8) is 0 Å². The van der Waals surface area contributed by atoms with Crippen molar-refractivity contribution in [1.29, 1.82) is 0 Å². The van der Waals surface area contributed by atoms with Gasteiger partial charge in [0.05, 0.1) is 40.1 Å². The number of epoxide rings is 3. The largest absolute Gasteiger partial charge is 0.497 e. The molecule has 3 aromatic rings. The van der Waals surface area contributed by atoms with Crippen molar-refractivity contribution >= 4 is 0 Å². The second-order valence-electron chi connectivity index (χ2n) is 8.12. The summed E-state index contributed by atoms with van der Waals surface area (Å²) in [7, 11) is 1.65. The predicted molar refractivity (Wildman–Crippen MR) is 130 cm³/mol. The minimum absolute atomic E-state index is 0.308. The van der Waals surface area contributed by atoms with Gasteiger partial charge in [-0.25, -0.2) is 0 Å². The Kier molecular flexibility index (Phi) is 9.34. The lowest BCUT2D eigenvalue weighted by Gasteiger charge is -2.04. The molecule has 3 atom stereocenters. The molecule has 34 heavy (non-hydrogen) atoms. The molecule has 0 saturated carbocycles. The fraction of sp³-hybridized carbons (Fsp3) is 0.357. The lowest BCUT2D eigenvalue weighted by atomic mass is 10.1. The third-order valence-corrected chi connectivity index (χ3v) is 5.19. The van der Waals surface area contributed by atoms with Crippen molar-refractivity contribution in [2.45, 2.75) is 18.3 Å². The van der Waals surface area contributed by atoms with Gasteiger partial charge in [-0.15, -0.1) is 0 Å². The Morgan fingerprint density at radius 3 is 1.41 bits per heavy atom. The molecule has 0 amide bonds. The van der Waals surface area contributed by atoms with Crippen LogP contribution in [-0.2, 0) is 18.9 Å². The van der Waals surface area contributed by atoms with E-state index in [1.165, 1.54) is 11.1 Å². The van der Waals surface area contributed by atoms with Crippen LogP contribution in [0.3, 0.4) is 0 Å². The second kappa shape index (κ2) is 13.1. The van der Waals surface area contributed by atoms with Gasteiger partial charge in [0, 0.05) is 0 Å². The molecule has 3 aliphatic heterocycles. The number of methoxy groups -OCH3 is 1. The van der Waals surface area contributed by atoms with Crippen molar-refractivity contribution in [3.8, 4) is 22.6 Å². The van der Waals surface area contributed by atoms with Crippen LogP contribution in [0.15, 0.2) is 84.9 Å². The monoisotopic (exact) mass is 464 g/mol. The van der Waals surface area contributed by atoms with Crippen LogP contribution in [0.5, 0.6) is 11.5 Å². The summed E-state index contributed by atoms with van der Waals surface area (Å²) in [5, 5.41) is 0. The standard InChI is InChI=1S/C12H10.C10H12O3.C6H10O3/c1-3-7-11(8-4-1)12-9-5-2-6-10-12;1-11-8-2-4-9(5-3-8)12-6-10-7-13-10;1(5-3-8-5)7-2-6-4-9-6/h1-10H;2-5,10H,6-7H2,1H3;5-6H,1-4H2. The van der Waals surface area contributed by atoms with Gasteiger partial charge in [-0.2, -0.15) is 0 Å². The van der Waals surface area contributed by atoms with Crippen molar-refractivity contribution in [1.82, 2.24) is 0 Å². The van der Waals surface area contributed by atoms with Gasteiger partial charge in [-0.3, -0.25) is 0 Å². The third-order valence-electron chi connectivity index (χ3n) is 5.19. The number of ether oxygens (including phenoxy) is 6. The Hall–Kier alpha value is -2.90. The number of hydrogen-bond acceptors (Lipinski definition) is 6. The summed E-state index contributed by atoms with van der Waals surface area (Å²) in [5.74, 6) is 1.70. The van der Waals surface area contributed by atoms with E-state index in [1.54, 1.807) is 7.11 Å². The Bertz CT molecular complexity index is 886. The Balaban J connectivity index is 0.000000123. The van der Waals surface area contributed by atoms with E-state index in [4.69, 9.17) is 28.4 Å². The van der Waals surface area contributed by atoms with Gasteiger partial charge in [0.2, 0.25) is 0 Å².